The van der Waals surface area contributed by atoms with Crippen LogP contribution in [0.4, 0.5) is 0 Å². The Kier molecular flexibility index (Phi) is 2.95. The lowest BCUT2D eigenvalue weighted by Gasteiger charge is -2.06. The number of hydrogen-bond donors (Lipinski definition) is 1. The SMILES string of the molecule is O=C(O)c1cnc(Cc2cccnc2)nc1C1CC1. The van der Waals surface area contributed by atoms with Gasteiger partial charge in [-0.1, -0.05) is 6.07 Å². The Hall–Kier alpha value is -2.30. The highest BCUT2D eigenvalue weighted by molar-refractivity contribution is 5.88. The molecule has 3 rings (SSSR count). The molecule has 96 valence electrons. The average molecular weight is 255 g/mol. The van der Waals surface area contributed by atoms with Gasteiger partial charge in [-0.25, -0.2) is 14.8 Å². The van der Waals surface area contributed by atoms with E-state index in [2.05, 4.69) is 15.0 Å². The highest BCUT2D eigenvalue weighted by atomic mass is 16.4. The van der Waals surface area contributed by atoms with Crippen molar-refractivity contribution < 1.29 is 9.90 Å². The van der Waals surface area contributed by atoms with Gasteiger partial charge in [-0.3, -0.25) is 4.98 Å². The molecule has 1 aliphatic rings. The van der Waals surface area contributed by atoms with E-state index >= 15 is 0 Å². The first-order valence-corrected chi connectivity index (χ1v) is 6.22. The lowest BCUT2D eigenvalue weighted by Crippen LogP contribution is -2.08. The maximum atomic E-state index is 11.1. The van der Waals surface area contributed by atoms with Crippen LogP contribution in [-0.2, 0) is 6.42 Å². The molecule has 0 aliphatic heterocycles. The molecule has 0 unspecified atom stereocenters. The van der Waals surface area contributed by atoms with Crippen LogP contribution < -0.4 is 0 Å². The number of aromatic nitrogens is 3. The Bertz CT molecular complexity index is 609. The van der Waals surface area contributed by atoms with Gasteiger partial charge in [0.05, 0.1) is 11.3 Å². The summed E-state index contributed by atoms with van der Waals surface area (Å²) in [5, 5.41) is 9.13. The van der Waals surface area contributed by atoms with Crippen molar-refractivity contribution in [1.29, 1.82) is 0 Å². The van der Waals surface area contributed by atoms with Crippen molar-refractivity contribution in [3.63, 3.8) is 0 Å². The Labute approximate surface area is 110 Å². The summed E-state index contributed by atoms with van der Waals surface area (Å²) in [5.41, 5.74) is 1.94. The maximum Gasteiger partial charge on any atom is 0.339 e. The summed E-state index contributed by atoms with van der Waals surface area (Å²) >= 11 is 0. The molecule has 19 heavy (non-hydrogen) atoms. The number of nitrogens with zero attached hydrogens (tertiary/aromatic N) is 3. The zero-order valence-corrected chi connectivity index (χ0v) is 10.3. The molecule has 0 radical (unpaired) electrons. The average Bonchev–Trinajstić information content (AvgIpc) is 3.24. The first kappa shape index (κ1) is 11.8. The lowest BCUT2D eigenvalue weighted by molar-refractivity contribution is 0.0694. The number of aromatic carboxylic acids is 1. The molecule has 5 nitrogen and oxygen atoms in total. The second-order valence-corrected chi connectivity index (χ2v) is 4.70. The summed E-state index contributed by atoms with van der Waals surface area (Å²) in [6.45, 7) is 0. The van der Waals surface area contributed by atoms with E-state index in [1.807, 2.05) is 12.1 Å². The van der Waals surface area contributed by atoms with E-state index in [0.717, 1.165) is 18.4 Å². The molecule has 0 saturated heterocycles. The Morgan fingerprint density at radius 3 is 2.84 bits per heavy atom. The first-order chi connectivity index (χ1) is 9.24. The number of pyridine rings is 1. The first-order valence-electron chi connectivity index (χ1n) is 6.22. The number of hydrogen-bond acceptors (Lipinski definition) is 4. The van der Waals surface area contributed by atoms with Crippen molar-refractivity contribution in [2.45, 2.75) is 25.2 Å². The Morgan fingerprint density at radius 1 is 1.37 bits per heavy atom. The highest BCUT2D eigenvalue weighted by Crippen LogP contribution is 2.40. The fourth-order valence-corrected chi connectivity index (χ4v) is 2.04. The third-order valence-electron chi connectivity index (χ3n) is 3.15. The van der Waals surface area contributed by atoms with Crippen LogP contribution in [0, 0.1) is 0 Å². The van der Waals surface area contributed by atoms with Gasteiger partial charge in [0.15, 0.2) is 0 Å². The summed E-state index contributed by atoms with van der Waals surface area (Å²) in [5.74, 6) is -0.00326. The van der Waals surface area contributed by atoms with Gasteiger partial charge in [-0.15, -0.1) is 0 Å². The molecule has 0 bridgehead atoms. The Morgan fingerprint density at radius 2 is 2.21 bits per heavy atom. The predicted octanol–water partition coefficient (Wildman–Crippen LogP) is 2.04. The van der Waals surface area contributed by atoms with Crippen LogP contribution in [-0.4, -0.2) is 26.0 Å². The van der Waals surface area contributed by atoms with E-state index in [-0.39, 0.29) is 5.56 Å². The van der Waals surface area contributed by atoms with E-state index in [4.69, 9.17) is 5.11 Å². The molecule has 0 amide bonds. The molecule has 0 spiro atoms. The molecule has 1 N–H and O–H groups in total. The standard InChI is InChI=1S/C14H13N3O2/c18-14(19)11-8-16-12(17-13(11)10-3-4-10)6-9-2-1-5-15-7-9/h1-2,5,7-8,10H,3-4,6H2,(H,18,19). The number of carboxylic acid groups (broad SMARTS) is 1. The molecule has 1 fully saturated rings. The number of rotatable bonds is 4. The van der Waals surface area contributed by atoms with Gasteiger partial charge >= 0.3 is 5.97 Å². The van der Waals surface area contributed by atoms with E-state index in [9.17, 15) is 4.79 Å². The van der Waals surface area contributed by atoms with E-state index in [1.165, 1.54) is 6.20 Å². The largest absolute Gasteiger partial charge is 0.478 e. The topological polar surface area (TPSA) is 76.0 Å². The van der Waals surface area contributed by atoms with Crippen molar-refractivity contribution in [2.75, 3.05) is 0 Å². The van der Waals surface area contributed by atoms with Crippen LogP contribution >= 0.6 is 0 Å². The monoisotopic (exact) mass is 255 g/mol. The van der Waals surface area contributed by atoms with Crippen molar-refractivity contribution in [2.24, 2.45) is 0 Å². The normalized spacial score (nSPS) is 14.3. The molecule has 2 aromatic heterocycles. The summed E-state index contributed by atoms with van der Waals surface area (Å²) in [6, 6.07) is 3.82. The van der Waals surface area contributed by atoms with E-state index in [0.29, 0.717) is 23.9 Å². The molecule has 2 heterocycles. The van der Waals surface area contributed by atoms with E-state index < -0.39 is 5.97 Å². The van der Waals surface area contributed by atoms with Crippen molar-refractivity contribution in [3.05, 3.63) is 53.4 Å². The zero-order chi connectivity index (χ0) is 13.2. The molecule has 0 atom stereocenters. The molecule has 1 saturated carbocycles. The second kappa shape index (κ2) is 4.76. The maximum absolute atomic E-state index is 11.1. The van der Waals surface area contributed by atoms with Crippen LogP contribution in [0.2, 0.25) is 0 Å². The zero-order valence-electron chi connectivity index (χ0n) is 10.3. The van der Waals surface area contributed by atoms with Crippen molar-refractivity contribution >= 4 is 5.97 Å². The van der Waals surface area contributed by atoms with Gasteiger partial charge in [0.1, 0.15) is 5.82 Å². The minimum absolute atomic E-state index is 0.234. The fraction of sp³-hybridized carbons (Fsp3) is 0.286. The summed E-state index contributed by atoms with van der Waals surface area (Å²) in [6.07, 6.45) is 7.52. The highest BCUT2D eigenvalue weighted by Gasteiger charge is 2.30. The van der Waals surface area contributed by atoms with Crippen LogP contribution in [0.15, 0.2) is 30.7 Å². The molecular formula is C14H13N3O2. The summed E-state index contributed by atoms with van der Waals surface area (Å²) in [4.78, 5) is 23.8. The molecule has 0 aromatic carbocycles. The van der Waals surface area contributed by atoms with Gasteiger partial charge in [0.25, 0.3) is 0 Å². The van der Waals surface area contributed by atoms with E-state index in [1.54, 1.807) is 12.4 Å². The molecule has 5 heteroatoms. The third kappa shape index (κ3) is 2.59. The predicted molar refractivity (Wildman–Crippen MR) is 68.0 cm³/mol. The van der Waals surface area contributed by atoms with Crippen LogP contribution in [0.3, 0.4) is 0 Å². The molecule has 1 aliphatic carbocycles. The van der Waals surface area contributed by atoms with Crippen LogP contribution in [0.25, 0.3) is 0 Å². The quantitative estimate of drug-likeness (QED) is 0.904. The number of carbonyl (C=O) groups is 1. The molecular weight excluding hydrogens is 242 g/mol. The van der Waals surface area contributed by atoms with Crippen LogP contribution in [0.1, 0.15) is 46.2 Å². The van der Waals surface area contributed by atoms with Gasteiger partial charge in [0.2, 0.25) is 0 Å². The van der Waals surface area contributed by atoms with Gasteiger partial charge in [-0.05, 0) is 24.5 Å². The van der Waals surface area contributed by atoms with Crippen molar-refractivity contribution in [1.82, 2.24) is 15.0 Å². The van der Waals surface area contributed by atoms with Gasteiger partial charge in [-0.2, -0.15) is 0 Å². The van der Waals surface area contributed by atoms with Gasteiger partial charge < -0.3 is 5.11 Å². The fourth-order valence-electron chi connectivity index (χ4n) is 2.04. The summed E-state index contributed by atoms with van der Waals surface area (Å²) < 4.78 is 0. The lowest BCUT2D eigenvalue weighted by atomic mass is 10.1. The number of carboxylic acids is 1. The van der Waals surface area contributed by atoms with Gasteiger partial charge in [0, 0.05) is 30.9 Å². The third-order valence-corrected chi connectivity index (χ3v) is 3.15. The molecule has 2 aromatic rings. The summed E-state index contributed by atoms with van der Waals surface area (Å²) in [7, 11) is 0. The minimum atomic E-state index is -0.949. The van der Waals surface area contributed by atoms with Crippen LogP contribution in [0.5, 0.6) is 0 Å². The second-order valence-electron chi connectivity index (χ2n) is 4.70. The minimum Gasteiger partial charge on any atom is -0.478 e. The smallest absolute Gasteiger partial charge is 0.339 e. The Balaban J connectivity index is 1.91. The van der Waals surface area contributed by atoms with Crippen molar-refractivity contribution in [3.8, 4) is 0 Å².